The summed E-state index contributed by atoms with van der Waals surface area (Å²) in [6, 6.07) is 8.17. The Morgan fingerprint density at radius 3 is 2.84 bits per heavy atom. The average molecular weight is 357 g/mol. The lowest BCUT2D eigenvalue weighted by Crippen LogP contribution is -2.14. The number of anilines is 3. The van der Waals surface area contributed by atoms with E-state index in [9.17, 15) is 9.18 Å². The van der Waals surface area contributed by atoms with Gasteiger partial charge in [-0.1, -0.05) is 17.4 Å². The summed E-state index contributed by atoms with van der Waals surface area (Å²) in [5.41, 5.74) is 6.36. The summed E-state index contributed by atoms with van der Waals surface area (Å²) in [4.78, 5) is 20.7. The number of amides is 1. The van der Waals surface area contributed by atoms with Crippen molar-refractivity contribution in [3.8, 4) is 0 Å². The molecule has 0 saturated carbocycles. The molecule has 3 aromatic rings. The highest BCUT2D eigenvalue weighted by Gasteiger charge is 2.13. The minimum Gasteiger partial charge on any atom is -0.377 e. The largest absolute Gasteiger partial charge is 0.377 e. The van der Waals surface area contributed by atoms with Crippen molar-refractivity contribution in [2.24, 2.45) is 5.73 Å². The quantitative estimate of drug-likeness (QED) is 0.628. The molecule has 1 amide bonds. The number of thiazole rings is 1. The van der Waals surface area contributed by atoms with Crippen molar-refractivity contribution >= 4 is 33.9 Å². The van der Waals surface area contributed by atoms with Gasteiger partial charge in [0.1, 0.15) is 11.6 Å². The molecule has 128 valence electrons. The molecule has 3 rings (SSSR count). The normalized spacial score (nSPS) is 10.5. The second kappa shape index (κ2) is 7.27. The van der Waals surface area contributed by atoms with E-state index in [0.29, 0.717) is 28.6 Å². The number of hydrogen-bond acceptors (Lipinski definition) is 6. The van der Waals surface area contributed by atoms with Crippen molar-refractivity contribution in [1.29, 1.82) is 0 Å². The van der Waals surface area contributed by atoms with Crippen molar-refractivity contribution in [2.75, 3.05) is 10.6 Å². The molecular weight excluding hydrogens is 341 g/mol. The van der Waals surface area contributed by atoms with E-state index in [1.807, 2.05) is 18.2 Å². The predicted molar refractivity (Wildman–Crippen MR) is 96.6 cm³/mol. The molecule has 0 aliphatic carbocycles. The van der Waals surface area contributed by atoms with E-state index in [-0.39, 0.29) is 5.69 Å². The highest BCUT2D eigenvalue weighted by molar-refractivity contribution is 7.15. The van der Waals surface area contributed by atoms with Gasteiger partial charge in [0.25, 0.3) is 0 Å². The highest BCUT2D eigenvalue weighted by atomic mass is 32.1. The summed E-state index contributed by atoms with van der Waals surface area (Å²) in [6.45, 7) is 2.04. The Kier molecular flexibility index (Phi) is 4.90. The fourth-order valence-corrected chi connectivity index (χ4v) is 3.09. The van der Waals surface area contributed by atoms with Gasteiger partial charge in [-0.2, -0.15) is 0 Å². The molecule has 0 bridgehead atoms. The van der Waals surface area contributed by atoms with Gasteiger partial charge in [0.15, 0.2) is 5.13 Å². The van der Waals surface area contributed by atoms with Crippen molar-refractivity contribution < 1.29 is 9.18 Å². The number of aromatic nitrogens is 2. The van der Waals surface area contributed by atoms with Gasteiger partial charge in [-0.15, -0.1) is 0 Å². The Bertz CT molecular complexity index is 897. The lowest BCUT2D eigenvalue weighted by molar-refractivity contribution is 0.0999. The van der Waals surface area contributed by atoms with Crippen LogP contribution in [0, 0.1) is 12.7 Å². The molecule has 0 spiro atoms. The average Bonchev–Trinajstić information content (AvgIpc) is 3.02. The van der Waals surface area contributed by atoms with Gasteiger partial charge >= 0.3 is 0 Å². The van der Waals surface area contributed by atoms with Crippen LogP contribution < -0.4 is 16.4 Å². The van der Waals surface area contributed by atoms with Crippen molar-refractivity contribution in [2.45, 2.75) is 13.5 Å². The summed E-state index contributed by atoms with van der Waals surface area (Å²) in [7, 11) is 0. The Hall–Kier alpha value is -3.00. The molecule has 0 aliphatic heterocycles. The maximum absolute atomic E-state index is 14.0. The molecule has 2 heterocycles. The molecule has 4 N–H and O–H groups in total. The molecule has 0 radical (unpaired) electrons. The third-order valence-corrected chi connectivity index (χ3v) is 4.49. The highest BCUT2D eigenvalue weighted by Crippen LogP contribution is 2.26. The van der Waals surface area contributed by atoms with E-state index in [4.69, 9.17) is 5.73 Å². The van der Waals surface area contributed by atoms with Gasteiger partial charge in [0.2, 0.25) is 5.91 Å². The van der Waals surface area contributed by atoms with Crippen LogP contribution in [0.4, 0.5) is 21.0 Å². The first-order chi connectivity index (χ1) is 12.0. The fraction of sp³-hybridized carbons (Fsp3) is 0.118. The Balaban J connectivity index is 1.71. The van der Waals surface area contributed by atoms with Gasteiger partial charge in [0, 0.05) is 22.8 Å². The summed E-state index contributed by atoms with van der Waals surface area (Å²) in [5, 5.41) is 6.81. The summed E-state index contributed by atoms with van der Waals surface area (Å²) in [6.07, 6.45) is 3.39. The van der Waals surface area contributed by atoms with E-state index in [0.717, 1.165) is 4.88 Å². The van der Waals surface area contributed by atoms with Crippen LogP contribution in [-0.4, -0.2) is 15.9 Å². The maximum atomic E-state index is 14.0. The Labute approximate surface area is 147 Å². The molecule has 0 saturated heterocycles. The standard InChI is InChI=1S/C17H16FN5OS/c1-10-12(16(19)24)5-6-13(18)15(10)21-8-11-9-22-17(25-11)23-14-4-2-3-7-20-14/h2-7,9,21H,8H2,1H3,(H2,19,24)(H,20,22,23). The fourth-order valence-electron chi connectivity index (χ4n) is 2.33. The van der Waals surface area contributed by atoms with Crippen molar-refractivity contribution in [1.82, 2.24) is 9.97 Å². The number of benzene rings is 1. The second-order valence-corrected chi connectivity index (χ2v) is 6.40. The number of nitrogens with zero attached hydrogens (tertiary/aromatic N) is 2. The van der Waals surface area contributed by atoms with Crippen LogP contribution in [0.2, 0.25) is 0 Å². The van der Waals surface area contributed by atoms with Crippen LogP contribution >= 0.6 is 11.3 Å². The van der Waals surface area contributed by atoms with Crippen molar-refractivity contribution in [3.05, 3.63) is 64.5 Å². The van der Waals surface area contributed by atoms with Crippen molar-refractivity contribution in [3.63, 3.8) is 0 Å². The summed E-state index contributed by atoms with van der Waals surface area (Å²) >= 11 is 1.43. The van der Waals surface area contributed by atoms with Gasteiger partial charge < -0.3 is 16.4 Å². The second-order valence-electron chi connectivity index (χ2n) is 5.28. The Morgan fingerprint density at radius 1 is 1.28 bits per heavy atom. The van der Waals surface area contributed by atoms with Gasteiger partial charge in [-0.05, 0) is 36.8 Å². The monoisotopic (exact) mass is 357 g/mol. The summed E-state index contributed by atoms with van der Waals surface area (Å²) < 4.78 is 14.0. The smallest absolute Gasteiger partial charge is 0.249 e. The number of nitrogens with one attached hydrogen (secondary N) is 2. The third kappa shape index (κ3) is 3.92. The molecule has 1 aromatic carbocycles. The van der Waals surface area contributed by atoms with Crippen LogP contribution in [0.5, 0.6) is 0 Å². The first-order valence-corrected chi connectivity index (χ1v) is 8.32. The minimum atomic E-state index is -0.583. The van der Waals surface area contributed by atoms with Crippen LogP contribution in [0.25, 0.3) is 0 Å². The number of halogens is 1. The number of nitrogens with two attached hydrogens (primary N) is 1. The van der Waals surface area contributed by atoms with Crippen LogP contribution in [0.15, 0.2) is 42.7 Å². The SMILES string of the molecule is Cc1c(C(N)=O)ccc(F)c1NCc1cnc(Nc2ccccn2)s1. The minimum absolute atomic E-state index is 0.268. The first kappa shape index (κ1) is 16.8. The molecule has 0 unspecified atom stereocenters. The lowest BCUT2D eigenvalue weighted by atomic mass is 10.1. The number of rotatable bonds is 6. The van der Waals surface area contributed by atoms with E-state index in [1.54, 1.807) is 19.3 Å². The first-order valence-electron chi connectivity index (χ1n) is 7.50. The maximum Gasteiger partial charge on any atom is 0.249 e. The van der Waals surface area contributed by atoms with E-state index >= 15 is 0 Å². The van der Waals surface area contributed by atoms with Gasteiger partial charge in [0.05, 0.1) is 12.2 Å². The van der Waals surface area contributed by atoms with E-state index in [2.05, 4.69) is 20.6 Å². The molecular formula is C17H16FN5OS. The molecule has 0 atom stereocenters. The number of carbonyl (C=O) groups excluding carboxylic acids is 1. The molecule has 8 heteroatoms. The molecule has 2 aromatic heterocycles. The predicted octanol–water partition coefficient (Wildman–Crippen LogP) is 3.44. The topological polar surface area (TPSA) is 92.9 Å². The lowest BCUT2D eigenvalue weighted by Gasteiger charge is -2.12. The third-order valence-electron chi connectivity index (χ3n) is 3.57. The Morgan fingerprint density at radius 2 is 2.12 bits per heavy atom. The number of pyridine rings is 1. The van der Waals surface area contributed by atoms with Gasteiger partial charge in [-0.3, -0.25) is 4.79 Å². The van der Waals surface area contributed by atoms with E-state index < -0.39 is 11.7 Å². The summed E-state index contributed by atoms with van der Waals surface area (Å²) in [5.74, 6) is -0.313. The van der Waals surface area contributed by atoms with Crippen LogP contribution in [-0.2, 0) is 6.54 Å². The number of primary amides is 1. The zero-order valence-corrected chi connectivity index (χ0v) is 14.2. The number of carbonyl (C=O) groups is 1. The van der Waals surface area contributed by atoms with Crippen LogP contribution in [0.3, 0.4) is 0 Å². The number of hydrogen-bond donors (Lipinski definition) is 3. The zero-order valence-electron chi connectivity index (χ0n) is 13.4. The molecule has 0 fully saturated rings. The van der Waals surface area contributed by atoms with E-state index in [1.165, 1.54) is 23.5 Å². The van der Waals surface area contributed by atoms with Gasteiger partial charge in [-0.25, -0.2) is 14.4 Å². The molecule has 25 heavy (non-hydrogen) atoms. The van der Waals surface area contributed by atoms with Crippen LogP contribution in [0.1, 0.15) is 20.8 Å². The zero-order chi connectivity index (χ0) is 17.8. The molecule has 6 nitrogen and oxygen atoms in total. The molecule has 0 aliphatic rings.